The van der Waals surface area contributed by atoms with Crippen LogP contribution in [0.15, 0.2) is 14.3 Å². The lowest BCUT2D eigenvalue weighted by Crippen LogP contribution is -1.87. The van der Waals surface area contributed by atoms with E-state index in [4.69, 9.17) is 10.7 Å². The molecule has 0 aliphatic carbocycles. The van der Waals surface area contributed by atoms with Crippen LogP contribution in [0.2, 0.25) is 0 Å². The van der Waals surface area contributed by atoms with Gasteiger partial charge in [-0.3, -0.25) is 0 Å². The van der Waals surface area contributed by atoms with E-state index in [-0.39, 0.29) is 4.34 Å². The highest BCUT2D eigenvalue weighted by atomic mass is 79.9. The van der Waals surface area contributed by atoms with Crippen molar-refractivity contribution in [2.75, 3.05) is 0 Å². The molecule has 0 radical (unpaired) electrons. The summed E-state index contributed by atoms with van der Waals surface area (Å²) in [4.78, 5) is 3.60. The summed E-state index contributed by atoms with van der Waals surface area (Å²) in [6.45, 7) is 0. The third-order valence-corrected chi connectivity index (χ3v) is 4.18. The molecule has 1 aromatic heterocycles. The van der Waals surface area contributed by atoms with Gasteiger partial charge in [-0.1, -0.05) is 0 Å². The van der Waals surface area contributed by atoms with Gasteiger partial charge in [0.25, 0.3) is 9.05 Å². The van der Waals surface area contributed by atoms with E-state index in [1.165, 1.54) is 0 Å². The molecule has 0 N–H and O–H groups in total. The second-order valence-electron chi connectivity index (χ2n) is 1.37. The summed E-state index contributed by atoms with van der Waals surface area (Å²) < 4.78 is 21.5. The highest BCUT2D eigenvalue weighted by molar-refractivity contribution is 9.10. The monoisotopic (exact) mass is 261 g/mol. The minimum Gasteiger partial charge on any atom is -0.217 e. The van der Waals surface area contributed by atoms with Crippen molar-refractivity contribution >= 4 is 47.0 Å². The molecule has 1 heterocycles. The summed E-state index contributed by atoms with van der Waals surface area (Å²) >= 11 is 3.98. The number of rotatable bonds is 1. The van der Waals surface area contributed by atoms with Gasteiger partial charge in [0.15, 0.2) is 0 Å². The second-order valence-corrected chi connectivity index (χ2v) is 5.78. The fourth-order valence-electron chi connectivity index (χ4n) is 0.351. The zero-order valence-electron chi connectivity index (χ0n) is 4.41. The van der Waals surface area contributed by atoms with Gasteiger partial charge in [-0.25, -0.2) is 13.4 Å². The van der Waals surface area contributed by atoms with Gasteiger partial charge in [-0.05, 0) is 15.9 Å². The van der Waals surface area contributed by atoms with Gasteiger partial charge >= 0.3 is 0 Å². The fraction of sp³-hybridized carbons (Fsp3) is 0. The van der Waals surface area contributed by atoms with E-state index in [1.54, 1.807) is 5.38 Å². The lowest BCUT2D eigenvalue weighted by atomic mass is 11.0. The molecular formula is C3HBrClNO2S2. The molecule has 0 fully saturated rings. The zero-order chi connectivity index (χ0) is 7.78. The Kier molecular flexibility index (Phi) is 2.34. The topological polar surface area (TPSA) is 47.0 Å². The number of hydrogen-bond donors (Lipinski definition) is 0. The summed E-state index contributed by atoms with van der Waals surface area (Å²) in [5, 5.41) is 1.55. The Hall–Kier alpha value is 0.350. The Labute approximate surface area is 74.6 Å². The molecule has 0 unspecified atom stereocenters. The smallest absolute Gasteiger partial charge is 0.217 e. The maximum absolute atomic E-state index is 10.5. The van der Waals surface area contributed by atoms with Crippen molar-refractivity contribution in [3.05, 3.63) is 9.98 Å². The van der Waals surface area contributed by atoms with Gasteiger partial charge in [0.05, 0.1) is 0 Å². The first kappa shape index (κ1) is 8.45. The van der Waals surface area contributed by atoms with Crippen LogP contribution < -0.4 is 0 Å². The molecule has 1 rings (SSSR count). The van der Waals surface area contributed by atoms with Gasteiger partial charge in [0, 0.05) is 16.1 Å². The standard InChI is InChI=1S/C3HBrClNO2S2/c4-2-1-9-3(6-2)10(5,7)8/h1H. The normalized spacial score (nSPS) is 11.8. The number of thiazole rings is 1. The number of nitrogens with zero attached hydrogens (tertiary/aromatic N) is 1. The molecule has 0 aliphatic rings. The highest BCUT2D eigenvalue weighted by Gasteiger charge is 2.13. The van der Waals surface area contributed by atoms with E-state index in [0.29, 0.717) is 4.60 Å². The quantitative estimate of drug-likeness (QED) is 0.726. The van der Waals surface area contributed by atoms with Crippen LogP contribution >= 0.6 is 37.9 Å². The lowest BCUT2D eigenvalue weighted by Gasteiger charge is -1.82. The Morgan fingerprint density at radius 2 is 2.30 bits per heavy atom. The summed E-state index contributed by atoms with van der Waals surface area (Å²) in [6.07, 6.45) is 0. The van der Waals surface area contributed by atoms with Gasteiger partial charge < -0.3 is 0 Å². The highest BCUT2D eigenvalue weighted by Crippen LogP contribution is 2.22. The van der Waals surface area contributed by atoms with Crippen LogP contribution in [0.4, 0.5) is 0 Å². The molecule has 0 saturated heterocycles. The summed E-state index contributed by atoms with van der Waals surface area (Å²) in [5.74, 6) is 0. The third-order valence-electron chi connectivity index (χ3n) is 0.664. The lowest BCUT2D eigenvalue weighted by molar-refractivity contribution is 0.608. The third kappa shape index (κ3) is 1.91. The summed E-state index contributed by atoms with van der Waals surface area (Å²) in [6, 6.07) is 0. The summed E-state index contributed by atoms with van der Waals surface area (Å²) in [7, 11) is 1.34. The Bertz CT molecular complexity index is 332. The molecule has 10 heavy (non-hydrogen) atoms. The molecular weight excluding hydrogens is 262 g/mol. The van der Waals surface area contributed by atoms with Crippen LogP contribution in [-0.2, 0) is 9.05 Å². The molecule has 3 nitrogen and oxygen atoms in total. The average Bonchev–Trinajstić information content (AvgIpc) is 2.11. The predicted octanol–water partition coefficient (Wildman–Crippen LogP) is 1.83. The van der Waals surface area contributed by atoms with Crippen LogP contribution in [0.25, 0.3) is 0 Å². The molecule has 0 bridgehead atoms. The first-order chi connectivity index (χ1) is 4.50. The van der Waals surface area contributed by atoms with Crippen molar-refractivity contribution in [3.63, 3.8) is 0 Å². The maximum atomic E-state index is 10.5. The van der Waals surface area contributed by atoms with Gasteiger partial charge in [0.2, 0.25) is 4.34 Å². The van der Waals surface area contributed by atoms with E-state index in [0.717, 1.165) is 11.3 Å². The van der Waals surface area contributed by atoms with Crippen molar-refractivity contribution in [3.8, 4) is 0 Å². The van der Waals surface area contributed by atoms with Gasteiger partial charge in [-0.2, -0.15) is 0 Å². The molecule has 0 aliphatic heterocycles. The molecule has 7 heteroatoms. The zero-order valence-corrected chi connectivity index (χ0v) is 8.39. The van der Waals surface area contributed by atoms with E-state index in [9.17, 15) is 8.42 Å². The van der Waals surface area contributed by atoms with Crippen molar-refractivity contribution in [1.82, 2.24) is 4.98 Å². The number of halogens is 2. The van der Waals surface area contributed by atoms with Crippen LogP contribution in [0.5, 0.6) is 0 Å². The van der Waals surface area contributed by atoms with Crippen LogP contribution in [-0.4, -0.2) is 13.4 Å². The predicted molar refractivity (Wildman–Crippen MR) is 42.9 cm³/mol. The van der Waals surface area contributed by atoms with Gasteiger partial charge in [0.1, 0.15) is 4.60 Å². The van der Waals surface area contributed by atoms with Gasteiger partial charge in [-0.15, -0.1) is 11.3 Å². The molecule has 0 amide bonds. The first-order valence-electron chi connectivity index (χ1n) is 2.06. The largest absolute Gasteiger partial charge is 0.288 e. The molecule has 0 aromatic carbocycles. The molecule has 0 spiro atoms. The van der Waals surface area contributed by atoms with Crippen LogP contribution in [0.1, 0.15) is 0 Å². The summed E-state index contributed by atoms with van der Waals surface area (Å²) in [5.41, 5.74) is 0. The van der Waals surface area contributed by atoms with E-state index < -0.39 is 9.05 Å². The van der Waals surface area contributed by atoms with Crippen molar-refractivity contribution < 1.29 is 8.42 Å². The van der Waals surface area contributed by atoms with E-state index in [1.807, 2.05) is 0 Å². The Balaban J connectivity index is 3.21. The second kappa shape index (κ2) is 2.77. The van der Waals surface area contributed by atoms with Crippen molar-refractivity contribution in [2.45, 2.75) is 4.34 Å². The SMILES string of the molecule is O=S(=O)(Cl)c1nc(Br)cs1. The molecule has 56 valence electrons. The first-order valence-corrected chi connectivity index (χ1v) is 6.04. The molecule has 0 atom stereocenters. The minimum atomic E-state index is -3.63. The van der Waals surface area contributed by atoms with Crippen LogP contribution in [0.3, 0.4) is 0 Å². The van der Waals surface area contributed by atoms with Crippen molar-refractivity contribution in [1.29, 1.82) is 0 Å². The van der Waals surface area contributed by atoms with Crippen LogP contribution in [0, 0.1) is 0 Å². The molecule has 1 aromatic rings. The minimum absolute atomic E-state index is 0.0824. The van der Waals surface area contributed by atoms with E-state index >= 15 is 0 Å². The average molecular weight is 263 g/mol. The Morgan fingerprint density at radius 1 is 1.70 bits per heavy atom. The molecule has 0 saturated carbocycles. The number of hydrogen-bond acceptors (Lipinski definition) is 4. The van der Waals surface area contributed by atoms with Crippen molar-refractivity contribution in [2.24, 2.45) is 0 Å². The van der Waals surface area contributed by atoms with E-state index in [2.05, 4.69) is 20.9 Å². The number of aromatic nitrogens is 1. The maximum Gasteiger partial charge on any atom is 0.288 e. The Morgan fingerprint density at radius 3 is 2.50 bits per heavy atom. The fourth-order valence-corrected chi connectivity index (χ4v) is 2.69.